The smallest absolute Gasteiger partial charge is 0.331 e. The second-order valence-electron chi connectivity index (χ2n) is 5.88. The van der Waals surface area contributed by atoms with E-state index in [9.17, 15) is 22.8 Å². The van der Waals surface area contributed by atoms with Gasteiger partial charge in [0, 0.05) is 18.8 Å². The number of carbonyl (C=O) groups excluding carboxylic acids is 2. The topological polar surface area (TPSA) is 53.5 Å². The number of piperazine rings is 1. The summed E-state index contributed by atoms with van der Waals surface area (Å²) in [5.74, 6) is -0.648. The number of para-hydroxylation sites is 1. The first-order chi connectivity index (χ1) is 12.3. The molecule has 1 fully saturated rings. The molecule has 5 nitrogen and oxygen atoms in total. The van der Waals surface area contributed by atoms with Crippen molar-refractivity contribution in [3.63, 3.8) is 0 Å². The second kappa shape index (κ2) is 7.15. The Kier molecular flexibility index (Phi) is 4.92. The lowest BCUT2D eigenvalue weighted by Gasteiger charge is -2.34. The van der Waals surface area contributed by atoms with Gasteiger partial charge in [-0.05, 0) is 24.3 Å². The van der Waals surface area contributed by atoms with Gasteiger partial charge in [0.05, 0.1) is 12.1 Å². The Balaban J connectivity index is 1.64. The molecular formula is C18H16F3N3O2. The number of rotatable bonds is 3. The van der Waals surface area contributed by atoms with Gasteiger partial charge in [0.1, 0.15) is 12.2 Å². The highest BCUT2D eigenvalue weighted by Gasteiger charge is 2.33. The van der Waals surface area contributed by atoms with E-state index in [4.69, 9.17) is 0 Å². The van der Waals surface area contributed by atoms with Gasteiger partial charge in [-0.3, -0.25) is 9.59 Å². The van der Waals surface area contributed by atoms with Gasteiger partial charge in [-0.1, -0.05) is 24.3 Å². The molecule has 1 aliphatic rings. The number of benzene rings is 1. The highest BCUT2D eigenvalue weighted by Crippen LogP contribution is 2.27. The SMILES string of the molecule is O=C(Cc1cccc(C(F)(F)F)n1)N1CCN(c2ccccc2)C(=O)C1. The molecule has 8 heteroatoms. The highest BCUT2D eigenvalue weighted by atomic mass is 19.4. The zero-order valence-corrected chi connectivity index (χ0v) is 13.7. The first-order valence-electron chi connectivity index (χ1n) is 8.01. The van der Waals surface area contributed by atoms with Crippen LogP contribution in [0.5, 0.6) is 0 Å². The van der Waals surface area contributed by atoms with E-state index >= 15 is 0 Å². The van der Waals surface area contributed by atoms with Crippen LogP contribution in [0.1, 0.15) is 11.4 Å². The Morgan fingerprint density at radius 1 is 1.04 bits per heavy atom. The van der Waals surface area contributed by atoms with Gasteiger partial charge in [-0.25, -0.2) is 4.98 Å². The van der Waals surface area contributed by atoms with Crippen LogP contribution in [-0.4, -0.2) is 41.3 Å². The van der Waals surface area contributed by atoms with Crippen molar-refractivity contribution in [2.45, 2.75) is 12.6 Å². The van der Waals surface area contributed by atoms with Crippen LogP contribution in [0, 0.1) is 0 Å². The molecule has 0 saturated carbocycles. The van der Waals surface area contributed by atoms with Crippen LogP contribution in [0.25, 0.3) is 0 Å². The van der Waals surface area contributed by atoms with Crippen molar-refractivity contribution >= 4 is 17.5 Å². The molecule has 1 aromatic heterocycles. The van der Waals surface area contributed by atoms with Crippen molar-refractivity contribution in [1.29, 1.82) is 0 Å². The summed E-state index contributed by atoms with van der Waals surface area (Å²) in [5, 5.41) is 0. The second-order valence-corrected chi connectivity index (χ2v) is 5.88. The van der Waals surface area contributed by atoms with E-state index in [1.54, 1.807) is 4.90 Å². The van der Waals surface area contributed by atoms with Crippen LogP contribution >= 0.6 is 0 Å². The van der Waals surface area contributed by atoms with Gasteiger partial charge in [0.25, 0.3) is 0 Å². The van der Waals surface area contributed by atoms with E-state index in [1.807, 2.05) is 30.3 Å². The summed E-state index contributed by atoms with van der Waals surface area (Å²) in [4.78, 5) is 31.1. The molecule has 1 aliphatic heterocycles. The van der Waals surface area contributed by atoms with Crippen molar-refractivity contribution in [2.24, 2.45) is 0 Å². The monoisotopic (exact) mass is 363 g/mol. The van der Waals surface area contributed by atoms with E-state index in [1.165, 1.54) is 17.0 Å². The number of alkyl halides is 3. The summed E-state index contributed by atoms with van der Waals surface area (Å²) >= 11 is 0. The van der Waals surface area contributed by atoms with Crippen LogP contribution in [-0.2, 0) is 22.2 Å². The predicted molar refractivity (Wildman–Crippen MR) is 88.3 cm³/mol. The maximum atomic E-state index is 12.7. The van der Waals surface area contributed by atoms with Crippen molar-refractivity contribution in [1.82, 2.24) is 9.88 Å². The third-order valence-electron chi connectivity index (χ3n) is 4.07. The summed E-state index contributed by atoms with van der Waals surface area (Å²) in [6.07, 6.45) is -4.83. The van der Waals surface area contributed by atoms with Crippen LogP contribution in [0.3, 0.4) is 0 Å². The van der Waals surface area contributed by atoms with Crippen LogP contribution in [0.4, 0.5) is 18.9 Å². The minimum atomic E-state index is -4.56. The van der Waals surface area contributed by atoms with Gasteiger partial charge in [0.2, 0.25) is 11.8 Å². The third-order valence-corrected chi connectivity index (χ3v) is 4.07. The lowest BCUT2D eigenvalue weighted by Crippen LogP contribution is -2.52. The number of anilines is 1. The average Bonchev–Trinajstić information content (AvgIpc) is 2.62. The van der Waals surface area contributed by atoms with E-state index in [0.29, 0.717) is 13.1 Å². The van der Waals surface area contributed by atoms with E-state index in [0.717, 1.165) is 11.8 Å². The number of halogens is 3. The zero-order chi connectivity index (χ0) is 18.7. The van der Waals surface area contributed by atoms with Gasteiger partial charge in [0.15, 0.2) is 0 Å². The van der Waals surface area contributed by atoms with Crippen LogP contribution in [0.15, 0.2) is 48.5 Å². The fraction of sp³-hybridized carbons (Fsp3) is 0.278. The Morgan fingerprint density at radius 3 is 2.42 bits per heavy atom. The maximum Gasteiger partial charge on any atom is 0.433 e. The maximum absolute atomic E-state index is 12.7. The van der Waals surface area contributed by atoms with E-state index < -0.39 is 17.8 Å². The molecule has 26 heavy (non-hydrogen) atoms. The molecule has 2 heterocycles. The fourth-order valence-corrected chi connectivity index (χ4v) is 2.77. The van der Waals surface area contributed by atoms with Crippen molar-refractivity contribution in [3.05, 3.63) is 59.9 Å². The largest absolute Gasteiger partial charge is 0.433 e. The molecule has 136 valence electrons. The van der Waals surface area contributed by atoms with Crippen molar-refractivity contribution in [3.8, 4) is 0 Å². The number of hydrogen-bond donors (Lipinski definition) is 0. The molecule has 1 aromatic carbocycles. The number of hydrogen-bond acceptors (Lipinski definition) is 3. The van der Waals surface area contributed by atoms with Crippen molar-refractivity contribution in [2.75, 3.05) is 24.5 Å². The Hall–Kier alpha value is -2.90. The molecular weight excluding hydrogens is 347 g/mol. The minimum absolute atomic E-state index is 0.0303. The van der Waals surface area contributed by atoms with E-state index in [2.05, 4.69) is 4.98 Å². The molecule has 0 spiro atoms. The summed E-state index contributed by atoms with van der Waals surface area (Å²) in [6, 6.07) is 12.5. The minimum Gasteiger partial charge on any atom is -0.331 e. The molecule has 0 unspecified atom stereocenters. The molecule has 2 aromatic rings. The normalized spacial score (nSPS) is 15.3. The number of amides is 2. The van der Waals surface area contributed by atoms with Crippen LogP contribution < -0.4 is 4.90 Å². The lowest BCUT2D eigenvalue weighted by molar-refractivity contribution is -0.141. The summed E-state index contributed by atoms with van der Waals surface area (Å²) in [5.41, 5.74) is -0.250. The zero-order valence-electron chi connectivity index (χ0n) is 13.7. The molecule has 0 N–H and O–H groups in total. The standard InChI is InChI=1S/C18H16F3N3O2/c19-18(20,21)15-8-4-5-13(22-15)11-16(25)23-9-10-24(17(26)12-23)14-6-2-1-3-7-14/h1-8H,9-12H2. The molecule has 1 saturated heterocycles. The van der Waals surface area contributed by atoms with Gasteiger partial charge in [-0.2, -0.15) is 13.2 Å². The molecule has 0 bridgehead atoms. The Labute approximate surface area is 148 Å². The molecule has 0 radical (unpaired) electrons. The highest BCUT2D eigenvalue weighted by molar-refractivity contribution is 5.98. The molecule has 0 atom stereocenters. The first-order valence-corrected chi connectivity index (χ1v) is 8.01. The Bertz CT molecular complexity index is 809. The van der Waals surface area contributed by atoms with Gasteiger partial charge in [-0.15, -0.1) is 0 Å². The number of pyridine rings is 1. The van der Waals surface area contributed by atoms with Gasteiger partial charge >= 0.3 is 6.18 Å². The average molecular weight is 363 g/mol. The summed E-state index contributed by atoms with van der Waals surface area (Å²) in [7, 11) is 0. The van der Waals surface area contributed by atoms with Crippen molar-refractivity contribution < 1.29 is 22.8 Å². The number of aromatic nitrogens is 1. The Morgan fingerprint density at radius 2 is 1.77 bits per heavy atom. The molecule has 3 rings (SSSR count). The van der Waals surface area contributed by atoms with E-state index in [-0.39, 0.29) is 24.6 Å². The fourth-order valence-electron chi connectivity index (χ4n) is 2.77. The first kappa shape index (κ1) is 17.9. The van der Waals surface area contributed by atoms with Gasteiger partial charge < -0.3 is 9.80 Å². The lowest BCUT2D eigenvalue weighted by atomic mass is 10.2. The third kappa shape index (κ3) is 4.01. The summed E-state index contributed by atoms with van der Waals surface area (Å²) < 4.78 is 38.1. The number of nitrogens with zero attached hydrogens (tertiary/aromatic N) is 3. The molecule has 2 amide bonds. The predicted octanol–water partition coefficient (Wildman–Crippen LogP) is 2.52. The van der Waals surface area contributed by atoms with Crippen LogP contribution in [0.2, 0.25) is 0 Å². The summed E-state index contributed by atoms with van der Waals surface area (Å²) in [6.45, 7) is 0.551. The molecule has 0 aliphatic carbocycles. The number of carbonyl (C=O) groups is 2. The quantitative estimate of drug-likeness (QED) is 0.842.